The Hall–Kier alpha value is -0.830. The first-order valence-corrected chi connectivity index (χ1v) is 6.48. The molecule has 0 atom stereocenters. The Morgan fingerprint density at radius 1 is 1.38 bits per heavy atom. The van der Waals surface area contributed by atoms with Gasteiger partial charge in [-0.3, -0.25) is 0 Å². The average molecular weight is 240 g/mol. The molecule has 1 aliphatic rings. The van der Waals surface area contributed by atoms with Crippen LogP contribution in [0.4, 0.5) is 5.95 Å². The van der Waals surface area contributed by atoms with E-state index in [9.17, 15) is 0 Å². The quantitative estimate of drug-likeness (QED) is 0.715. The molecule has 1 aromatic heterocycles. The van der Waals surface area contributed by atoms with Crippen LogP contribution in [0.2, 0.25) is 0 Å². The maximum absolute atomic E-state index is 5.72. The van der Waals surface area contributed by atoms with Crippen LogP contribution in [0.1, 0.15) is 31.7 Å². The van der Waals surface area contributed by atoms with Gasteiger partial charge < -0.3 is 4.90 Å². The molecule has 1 fully saturated rings. The van der Waals surface area contributed by atoms with Gasteiger partial charge in [0.15, 0.2) is 0 Å². The van der Waals surface area contributed by atoms with Gasteiger partial charge in [0.05, 0.1) is 5.88 Å². The molecule has 2 rings (SSSR count). The van der Waals surface area contributed by atoms with Crippen LogP contribution in [0.3, 0.4) is 0 Å². The third-order valence-corrected chi connectivity index (χ3v) is 3.11. The zero-order valence-corrected chi connectivity index (χ0v) is 10.5. The summed E-state index contributed by atoms with van der Waals surface area (Å²) in [5.74, 6) is 2.20. The SMILES string of the molecule is CCCN(CC1CC1)c1ncc(CCl)cn1. The molecule has 3 nitrogen and oxygen atoms in total. The smallest absolute Gasteiger partial charge is 0.225 e. The van der Waals surface area contributed by atoms with E-state index in [0.29, 0.717) is 5.88 Å². The summed E-state index contributed by atoms with van der Waals surface area (Å²) < 4.78 is 0. The molecule has 88 valence electrons. The highest BCUT2D eigenvalue weighted by atomic mass is 35.5. The second-order valence-electron chi connectivity index (χ2n) is 4.41. The van der Waals surface area contributed by atoms with E-state index in [1.807, 2.05) is 12.4 Å². The third kappa shape index (κ3) is 3.08. The van der Waals surface area contributed by atoms with Crippen molar-refractivity contribution in [2.45, 2.75) is 32.1 Å². The summed E-state index contributed by atoms with van der Waals surface area (Å²) in [6.45, 7) is 4.33. The summed E-state index contributed by atoms with van der Waals surface area (Å²) in [5.41, 5.74) is 0.980. The predicted octanol–water partition coefficient (Wildman–Crippen LogP) is 2.84. The van der Waals surface area contributed by atoms with Crippen LogP contribution in [0.5, 0.6) is 0 Å². The minimum Gasteiger partial charge on any atom is -0.341 e. The zero-order chi connectivity index (χ0) is 11.4. The highest BCUT2D eigenvalue weighted by molar-refractivity contribution is 6.17. The molecule has 1 aromatic rings. The molecule has 4 heteroatoms. The maximum Gasteiger partial charge on any atom is 0.225 e. The van der Waals surface area contributed by atoms with Crippen LogP contribution in [0.15, 0.2) is 12.4 Å². The van der Waals surface area contributed by atoms with Crippen molar-refractivity contribution >= 4 is 17.5 Å². The number of alkyl halides is 1. The summed E-state index contributed by atoms with van der Waals surface area (Å²) in [4.78, 5) is 11.0. The molecule has 16 heavy (non-hydrogen) atoms. The van der Waals surface area contributed by atoms with Crippen LogP contribution in [-0.4, -0.2) is 23.1 Å². The first kappa shape index (κ1) is 11.6. The molecule has 0 saturated heterocycles. The van der Waals surface area contributed by atoms with Crippen molar-refractivity contribution in [2.24, 2.45) is 5.92 Å². The molecule has 0 aliphatic heterocycles. The van der Waals surface area contributed by atoms with Gasteiger partial charge in [0.1, 0.15) is 0 Å². The minimum absolute atomic E-state index is 0.483. The lowest BCUT2D eigenvalue weighted by molar-refractivity contribution is 0.687. The number of hydrogen-bond acceptors (Lipinski definition) is 3. The number of halogens is 1. The molecule has 1 saturated carbocycles. The molecular formula is C12H18ClN3. The van der Waals surface area contributed by atoms with E-state index in [2.05, 4.69) is 21.8 Å². The molecule has 0 spiro atoms. The molecule has 0 N–H and O–H groups in total. The van der Waals surface area contributed by atoms with Gasteiger partial charge in [-0.15, -0.1) is 11.6 Å². The molecule has 1 heterocycles. The molecule has 0 unspecified atom stereocenters. The molecule has 0 radical (unpaired) electrons. The van der Waals surface area contributed by atoms with Gasteiger partial charge in [-0.2, -0.15) is 0 Å². The second kappa shape index (κ2) is 5.48. The van der Waals surface area contributed by atoms with E-state index >= 15 is 0 Å². The van der Waals surface area contributed by atoms with Crippen molar-refractivity contribution in [3.8, 4) is 0 Å². The second-order valence-corrected chi connectivity index (χ2v) is 4.68. The lowest BCUT2D eigenvalue weighted by atomic mass is 10.3. The van der Waals surface area contributed by atoms with Crippen molar-refractivity contribution in [2.75, 3.05) is 18.0 Å². The van der Waals surface area contributed by atoms with Gasteiger partial charge in [-0.1, -0.05) is 6.92 Å². The summed E-state index contributed by atoms with van der Waals surface area (Å²) >= 11 is 5.72. The first-order chi connectivity index (χ1) is 7.83. The van der Waals surface area contributed by atoms with Gasteiger partial charge in [-0.05, 0) is 25.2 Å². The number of nitrogens with zero attached hydrogens (tertiary/aromatic N) is 3. The van der Waals surface area contributed by atoms with Gasteiger partial charge in [0.25, 0.3) is 0 Å². The Bertz CT molecular complexity index is 322. The summed E-state index contributed by atoms with van der Waals surface area (Å²) in [6.07, 6.45) is 7.50. The van der Waals surface area contributed by atoms with Crippen LogP contribution in [0, 0.1) is 5.92 Å². The minimum atomic E-state index is 0.483. The summed E-state index contributed by atoms with van der Waals surface area (Å²) in [6, 6.07) is 0. The summed E-state index contributed by atoms with van der Waals surface area (Å²) in [5, 5.41) is 0. The lowest BCUT2D eigenvalue weighted by Gasteiger charge is -2.21. The molecular weight excluding hydrogens is 222 g/mol. The van der Waals surface area contributed by atoms with Gasteiger partial charge in [0, 0.05) is 31.0 Å². The largest absolute Gasteiger partial charge is 0.341 e. The Kier molecular flexibility index (Phi) is 3.99. The van der Waals surface area contributed by atoms with Gasteiger partial charge in [-0.25, -0.2) is 9.97 Å². The van der Waals surface area contributed by atoms with Crippen molar-refractivity contribution in [3.63, 3.8) is 0 Å². The van der Waals surface area contributed by atoms with Crippen molar-refractivity contribution in [1.29, 1.82) is 0 Å². The number of rotatable bonds is 6. The van der Waals surface area contributed by atoms with Crippen LogP contribution >= 0.6 is 11.6 Å². The summed E-state index contributed by atoms with van der Waals surface area (Å²) in [7, 11) is 0. The van der Waals surface area contributed by atoms with Gasteiger partial charge >= 0.3 is 0 Å². The molecule has 0 aromatic carbocycles. The maximum atomic E-state index is 5.72. The number of anilines is 1. The molecule has 1 aliphatic carbocycles. The fraction of sp³-hybridized carbons (Fsp3) is 0.667. The molecule has 0 amide bonds. The van der Waals surface area contributed by atoms with Crippen molar-refractivity contribution in [1.82, 2.24) is 9.97 Å². The highest BCUT2D eigenvalue weighted by Gasteiger charge is 2.25. The Morgan fingerprint density at radius 3 is 2.56 bits per heavy atom. The van der Waals surface area contributed by atoms with Crippen molar-refractivity contribution < 1.29 is 0 Å². The van der Waals surface area contributed by atoms with Crippen LogP contribution < -0.4 is 4.90 Å². The van der Waals surface area contributed by atoms with Gasteiger partial charge in [0.2, 0.25) is 5.95 Å². The van der Waals surface area contributed by atoms with E-state index in [1.165, 1.54) is 12.8 Å². The predicted molar refractivity (Wildman–Crippen MR) is 66.8 cm³/mol. The third-order valence-electron chi connectivity index (χ3n) is 2.80. The number of hydrogen-bond donors (Lipinski definition) is 0. The standard InChI is InChI=1S/C12H18ClN3/c1-2-5-16(9-10-3-4-10)12-14-7-11(6-13)8-15-12/h7-8,10H,2-6,9H2,1H3. The average Bonchev–Trinajstić information content (AvgIpc) is 3.13. The van der Waals surface area contributed by atoms with E-state index in [0.717, 1.165) is 36.9 Å². The highest BCUT2D eigenvalue weighted by Crippen LogP contribution is 2.30. The lowest BCUT2D eigenvalue weighted by Crippen LogP contribution is -2.28. The first-order valence-electron chi connectivity index (χ1n) is 5.95. The Labute approximate surface area is 102 Å². The van der Waals surface area contributed by atoms with Crippen molar-refractivity contribution in [3.05, 3.63) is 18.0 Å². The fourth-order valence-electron chi connectivity index (χ4n) is 1.74. The van der Waals surface area contributed by atoms with E-state index in [-0.39, 0.29) is 0 Å². The Balaban J connectivity index is 2.03. The van der Waals surface area contributed by atoms with E-state index in [1.54, 1.807) is 0 Å². The monoisotopic (exact) mass is 239 g/mol. The van der Waals surface area contributed by atoms with E-state index < -0.39 is 0 Å². The van der Waals surface area contributed by atoms with Crippen LogP contribution in [-0.2, 0) is 5.88 Å². The molecule has 0 bridgehead atoms. The van der Waals surface area contributed by atoms with Crippen LogP contribution in [0.25, 0.3) is 0 Å². The normalized spacial score (nSPS) is 15.1. The fourth-order valence-corrected chi connectivity index (χ4v) is 1.87. The topological polar surface area (TPSA) is 29.0 Å². The number of aromatic nitrogens is 2. The van der Waals surface area contributed by atoms with E-state index in [4.69, 9.17) is 11.6 Å². The zero-order valence-electron chi connectivity index (χ0n) is 9.69. The Morgan fingerprint density at radius 2 is 2.06 bits per heavy atom.